The van der Waals surface area contributed by atoms with E-state index in [0.29, 0.717) is 11.6 Å². The molecule has 0 aliphatic carbocycles. The van der Waals surface area contributed by atoms with Gasteiger partial charge in [0.2, 0.25) is 0 Å². The molecule has 0 saturated heterocycles. The topological polar surface area (TPSA) is 29.9 Å². The summed E-state index contributed by atoms with van der Waals surface area (Å²) in [6.45, 7) is 3.19. The molecule has 1 heterocycles. The molecule has 0 amide bonds. The second kappa shape index (κ2) is 5.50. The van der Waals surface area contributed by atoms with Crippen molar-refractivity contribution < 1.29 is 4.39 Å². The van der Waals surface area contributed by atoms with Crippen LogP contribution >= 0.6 is 11.6 Å². The summed E-state index contributed by atoms with van der Waals surface area (Å²) in [6, 6.07) is 4.36. The fourth-order valence-corrected chi connectivity index (χ4v) is 2.02. The first-order valence-corrected chi connectivity index (χ1v) is 6.09. The van der Waals surface area contributed by atoms with Gasteiger partial charge in [-0.2, -0.15) is 5.10 Å². The quantitative estimate of drug-likeness (QED) is 0.923. The Morgan fingerprint density at radius 1 is 1.39 bits per heavy atom. The van der Waals surface area contributed by atoms with E-state index in [1.54, 1.807) is 10.7 Å². The Hall–Kier alpha value is -1.39. The highest BCUT2D eigenvalue weighted by atomic mass is 35.5. The normalized spacial score (nSPS) is 10.9. The third-order valence-electron chi connectivity index (χ3n) is 2.76. The number of aryl methyl sites for hydroxylation is 1. The van der Waals surface area contributed by atoms with Crippen molar-refractivity contribution in [1.29, 1.82) is 0 Å². The number of hydrogen-bond acceptors (Lipinski definition) is 2. The second-order valence-electron chi connectivity index (χ2n) is 4.20. The van der Waals surface area contributed by atoms with Crippen LogP contribution in [-0.4, -0.2) is 16.8 Å². The molecule has 0 radical (unpaired) electrons. The number of halogens is 2. The van der Waals surface area contributed by atoms with E-state index in [0.717, 1.165) is 23.4 Å². The van der Waals surface area contributed by atoms with Crippen LogP contribution in [0, 0.1) is 12.7 Å². The average molecular weight is 268 g/mol. The van der Waals surface area contributed by atoms with E-state index in [-0.39, 0.29) is 5.82 Å². The molecule has 1 aromatic carbocycles. The zero-order valence-corrected chi connectivity index (χ0v) is 11.1. The van der Waals surface area contributed by atoms with Gasteiger partial charge in [0.25, 0.3) is 0 Å². The van der Waals surface area contributed by atoms with E-state index in [4.69, 9.17) is 11.6 Å². The first kappa shape index (κ1) is 13.1. The van der Waals surface area contributed by atoms with Crippen molar-refractivity contribution >= 4 is 11.6 Å². The highest BCUT2D eigenvalue weighted by Crippen LogP contribution is 2.18. The van der Waals surface area contributed by atoms with Crippen LogP contribution in [-0.2, 0) is 13.1 Å². The first-order valence-electron chi connectivity index (χ1n) is 5.71. The first-order chi connectivity index (χ1) is 8.60. The van der Waals surface area contributed by atoms with Crippen molar-refractivity contribution in [2.24, 2.45) is 0 Å². The Kier molecular flexibility index (Phi) is 3.99. The summed E-state index contributed by atoms with van der Waals surface area (Å²) in [5.74, 6) is -0.284. The number of nitrogens with zero attached hydrogens (tertiary/aromatic N) is 2. The minimum absolute atomic E-state index is 0.284. The van der Waals surface area contributed by atoms with E-state index in [2.05, 4.69) is 10.4 Å². The molecule has 5 heteroatoms. The summed E-state index contributed by atoms with van der Waals surface area (Å²) in [5, 5.41) is 8.03. The van der Waals surface area contributed by atoms with Crippen LogP contribution in [0.15, 0.2) is 24.4 Å². The zero-order valence-electron chi connectivity index (χ0n) is 10.4. The van der Waals surface area contributed by atoms with Crippen LogP contribution in [0.4, 0.5) is 4.39 Å². The summed E-state index contributed by atoms with van der Waals surface area (Å²) < 4.78 is 14.9. The van der Waals surface area contributed by atoms with Crippen LogP contribution in [0.1, 0.15) is 16.8 Å². The second-order valence-corrected chi connectivity index (χ2v) is 4.61. The molecule has 0 unspecified atom stereocenters. The molecular weight excluding hydrogens is 253 g/mol. The number of benzene rings is 1. The van der Waals surface area contributed by atoms with Gasteiger partial charge in [-0.05, 0) is 37.7 Å². The van der Waals surface area contributed by atoms with Crippen LogP contribution in [0.3, 0.4) is 0 Å². The summed E-state index contributed by atoms with van der Waals surface area (Å²) in [7, 11) is 1.89. The van der Waals surface area contributed by atoms with Gasteiger partial charge in [-0.15, -0.1) is 0 Å². The summed E-state index contributed by atoms with van der Waals surface area (Å²) in [6.07, 6.45) is 1.95. The van der Waals surface area contributed by atoms with Crippen LogP contribution < -0.4 is 5.32 Å². The maximum Gasteiger partial charge on any atom is 0.123 e. The van der Waals surface area contributed by atoms with Crippen molar-refractivity contribution in [2.75, 3.05) is 7.05 Å². The Balaban J connectivity index is 2.23. The van der Waals surface area contributed by atoms with Crippen molar-refractivity contribution in [1.82, 2.24) is 15.1 Å². The maximum absolute atomic E-state index is 13.2. The highest BCUT2D eigenvalue weighted by molar-refractivity contribution is 6.31. The number of rotatable bonds is 4. The fourth-order valence-electron chi connectivity index (χ4n) is 1.84. The molecular formula is C13H15ClFN3. The lowest BCUT2D eigenvalue weighted by molar-refractivity contribution is 0.618. The summed E-state index contributed by atoms with van der Waals surface area (Å²) >= 11 is 6.03. The average Bonchev–Trinajstić information content (AvgIpc) is 2.65. The molecule has 0 saturated carbocycles. The van der Waals surface area contributed by atoms with Gasteiger partial charge in [-0.3, -0.25) is 4.68 Å². The number of hydrogen-bond donors (Lipinski definition) is 1. The van der Waals surface area contributed by atoms with Crippen molar-refractivity contribution in [2.45, 2.75) is 20.0 Å². The van der Waals surface area contributed by atoms with Gasteiger partial charge in [-0.25, -0.2) is 4.39 Å². The van der Waals surface area contributed by atoms with Gasteiger partial charge in [0.15, 0.2) is 0 Å². The minimum Gasteiger partial charge on any atom is -0.316 e. The van der Waals surface area contributed by atoms with Crippen molar-refractivity contribution in [3.05, 3.63) is 52.1 Å². The maximum atomic E-state index is 13.2. The molecule has 1 N–H and O–H groups in total. The zero-order chi connectivity index (χ0) is 13.1. The molecule has 1 aromatic heterocycles. The van der Waals surface area contributed by atoms with Crippen LogP contribution in [0.5, 0.6) is 0 Å². The smallest absolute Gasteiger partial charge is 0.123 e. The van der Waals surface area contributed by atoms with E-state index < -0.39 is 0 Å². The van der Waals surface area contributed by atoms with Gasteiger partial charge in [0, 0.05) is 23.3 Å². The van der Waals surface area contributed by atoms with Gasteiger partial charge >= 0.3 is 0 Å². The van der Waals surface area contributed by atoms with Crippen molar-refractivity contribution in [3.8, 4) is 0 Å². The van der Waals surface area contributed by atoms with Crippen LogP contribution in [0.2, 0.25) is 5.02 Å². The molecule has 2 rings (SSSR count). The van der Waals surface area contributed by atoms with E-state index in [1.165, 1.54) is 12.1 Å². The molecule has 0 aliphatic rings. The summed E-state index contributed by atoms with van der Waals surface area (Å²) in [4.78, 5) is 0. The Morgan fingerprint density at radius 2 is 2.17 bits per heavy atom. The van der Waals surface area contributed by atoms with Gasteiger partial charge in [0.1, 0.15) is 5.82 Å². The lowest BCUT2D eigenvalue weighted by Crippen LogP contribution is -2.05. The molecule has 0 atom stereocenters. The Bertz CT molecular complexity index is 551. The lowest BCUT2D eigenvalue weighted by Gasteiger charge is -2.04. The predicted octanol–water partition coefficient (Wildman–Crippen LogP) is 2.75. The van der Waals surface area contributed by atoms with E-state index in [1.807, 2.05) is 20.2 Å². The molecule has 3 nitrogen and oxygen atoms in total. The third-order valence-corrected chi connectivity index (χ3v) is 3.12. The van der Waals surface area contributed by atoms with Crippen LogP contribution in [0.25, 0.3) is 0 Å². The van der Waals surface area contributed by atoms with Gasteiger partial charge < -0.3 is 5.32 Å². The number of aromatic nitrogens is 2. The molecule has 0 spiro atoms. The molecule has 0 aliphatic heterocycles. The fraction of sp³-hybridized carbons (Fsp3) is 0.308. The number of nitrogens with one attached hydrogen (secondary N) is 1. The molecule has 2 aromatic rings. The Morgan fingerprint density at radius 3 is 2.89 bits per heavy atom. The summed E-state index contributed by atoms with van der Waals surface area (Å²) in [5.41, 5.74) is 2.83. The highest BCUT2D eigenvalue weighted by Gasteiger charge is 2.07. The molecule has 0 fully saturated rings. The standard InChI is InChI=1S/C13H15ClFN3/c1-9-11(6-16-2)8-18(17-9)7-10-5-12(15)3-4-13(10)14/h3-5,8,16H,6-7H2,1-2H3. The largest absolute Gasteiger partial charge is 0.316 e. The Labute approximate surface area is 111 Å². The molecule has 0 bridgehead atoms. The predicted molar refractivity (Wildman–Crippen MR) is 70.2 cm³/mol. The SMILES string of the molecule is CNCc1cn(Cc2cc(F)ccc2Cl)nc1C. The van der Waals surface area contributed by atoms with E-state index >= 15 is 0 Å². The van der Waals surface area contributed by atoms with Gasteiger partial charge in [-0.1, -0.05) is 11.6 Å². The van der Waals surface area contributed by atoms with Gasteiger partial charge in [0.05, 0.1) is 12.2 Å². The molecule has 96 valence electrons. The van der Waals surface area contributed by atoms with Crippen molar-refractivity contribution in [3.63, 3.8) is 0 Å². The van der Waals surface area contributed by atoms with E-state index in [9.17, 15) is 4.39 Å². The molecule has 18 heavy (non-hydrogen) atoms. The third kappa shape index (κ3) is 2.89. The monoisotopic (exact) mass is 267 g/mol. The minimum atomic E-state index is -0.284. The lowest BCUT2D eigenvalue weighted by atomic mass is 10.2.